The van der Waals surface area contributed by atoms with Gasteiger partial charge in [0.1, 0.15) is 0 Å². The summed E-state index contributed by atoms with van der Waals surface area (Å²) in [6.45, 7) is 0. The van der Waals surface area contributed by atoms with Crippen molar-refractivity contribution in [3.05, 3.63) is 78.5 Å². The van der Waals surface area contributed by atoms with Crippen LogP contribution >= 0.6 is 11.6 Å². The fourth-order valence-electron chi connectivity index (χ4n) is 2.41. The van der Waals surface area contributed by atoms with Crippen LogP contribution in [0.25, 0.3) is 6.08 Å². The molecule has 0 radical (unpaired) electrons. The highest BCUT2D eigenvalue weighted by atomic mass is 35.5. The van der Waals surface area contributed by atoms with Gasteiger partial charge in [0.15, 0.2) is 11.4 Å². The van der Waals surface area contributed by atoms with Gasteiger partial charge >= 0.3 is 11.7 Å². The Balaban J connectivity index is 1.97. The van der Waals surface area contributed by atoms with Crippen molar-refractivity contribution in [2.45, 2.75) is 0 Å². The second-order valence-corrected chi connectivity index (χ2v) is 5.85. The smallest absolute Gasteiger partial charge is 0.363 e. The molecule has 1 heterocycles. The molecule has 0 bridgehead atoms. The van der Waals surface area contributed by atoms with Crippen molar-refractivity contribution in [3.8, 4) is 5.75 Å². The molecule has 142 valence electrons. The van der Waals surface area contributed by atoms with Crippen LogP contribution in [0.4, 0.5) is 11.4 Å². The molecule has 10 nitrogen and oxygen atoms in total. The van der Waals surface area contributed by atoms with E-state index in [0.717, 1.165) is 6.07 Å². The third-order valence-electron chi connectivity index (χ3n) is 3.72. The van der Waals surface area contributed by atoms with Gasteiger partial charge in [0, 0.05) is 18.2 Å². The summed E-state index contributed by atoms with van der Waals surface area (Å²) in [5.74, 6) is -0.843. The summed E-state index contributed by atoms with van der Waals surface area (Å²) >= 11 is 6.01. The molecular formula is C17H10ClN3O7. The molecule has 0 fully saturated rings. The molecule has 0 atom stereocenters. The topological polar surface area (TPSA) is 134 Å². The van der Waals surface area contributed by atoms with Crippen LogP contribution in [-0.4, -0.2) is 28.8 Å². The van der Waals surface area contributed by atoms with Crippen LogP contribution in [0.15, 0.2) is 47.1 Å². The van der Waals surface area contributed by atoms with Crippen molar-refractivity contribution in [1.82, 2.24) is 0 Å². The molecule has 1 aliphatic heterocycles. The molecule has 0 spiro atoms. The van der Waals surface area contributed by atoms with Gasteiger partial charge in [-0.05, 0) is 23.8 Å². The molecule has 0 saturated heterocycles. The summed E-state index contributed by atoms with van der Waals surface area (Å²) in [6.07, 6.45) is 1.31. The molecule has 0 amide bonds. The van der Waals surface area contributed by atoms with Crippen molar-refractivity contribution in [2.24, 2.45) is 4.99 Å². The van der Waals surface area contributed by atoms with Gasteiger partial charge in [-0.3, -0.25) is 20.2 Å². The molecule has 3 rings (SSSR count). The Hall–Kier alpha value is -3.79. The first kappa shape index (κ1) is 19.0. The minimum Gasteiger partial charge on any atom is -0.490 e. The molecule has 0 aliphatic carbocycles. The van der Waals surface area contributed by atoms with Crippen molar-refractivity contribution in [1.29, 1.82) is 0 Å². The molecule has 1 aliphatic rings. The maximum absolute atomic E-state index is 12.1. The number of hydrogen-bond acceptors (Lipinski definition) is 8. The molecule has 0 aromatic heterocycles. The Labute approximate surface area is 162 Å². The van der Waals surface area contributed by atoms with Crippen molar-refractivity contribution >= 4 is 40.9 Å². The number of ether oxygens (including phenoxy) is 2. The van der Waals surface area contributed by atoms with Crippen LogP contribution in [0.1, 0.15) is 11.1 Å². The van der Waals surface area contributed by atoms with Crippen LogP contribution in [-0.2, 0) is 9.53 Å². The second-order valence-electron chi connectivity index (χ2n) is 5.45. The van der Waals surface area contributed by atoms with Crippen molar-refractivity contribution in [2.75, 3.05) is 7.11 Å². The summed E-state index contributed by atoms with van der Waals surface area (Å²) in [5.41, 5.74) is -0.0707. The van der Waals surface area contributed by atoms with Gasteiger partial charge in [-0.25, -0.2) is 9.79 Å². The van der Waals surface area contributed by atoms with Crippen molar-refractivity contribution < 1.29 is 24.1 Å². The number of halogens is 1. The predicted octanol–water partition coefficient (Wildman–Crippen LogP) is 3.51. The molecular weight excluding hydrogens is 394 g/mol. The zero-order chi connectivity index (χ0) is 20.4. The minimum absolute atomic E-state index is 0.0120. The number of nitro benzene ring substituents is 2. The molecule has 2 aromatic carbocycles. The first-order chi connectivity index (χ1) is 13.3. The van der Waals surface area contributed by atoms with Gasteiger partial charge in [0.25, 0.3) is 5.69 Å². The molecule has 28 heavy (non-hydrogen) atoms. The summed E-state index contributed by atoms with van der Waals surface area (Å²) in [7, 11) is 1.30. The SMILES string of the molecule is COc1ccc(/C=C2/N=C(c3ccc([N+](=O)[O-])cc3Cl)OC2=O)cc1[N+](=O)[O-]. The van der Waals surface area contributed by atoms with E-state index in [0.29, 0.717) is 5.56 Å². The standard InChI is InChI=1S/C17H10ClN3O7/c1-27-15-5-2-9(7-14(15)21(25)26)6-13-17(22)28-16(19-13)11-4-3-10(20(23)24)8-12(11)18/h2-8H,1H3/b13-6+. The monoisotopic (exact) mass is 403 g/mol. The predicted molar refractivity (Wildman–Crippen MR) is 98.4 cm³/mol. The second kappa shape index (κ2) is 7.45. The Kier molecular flexibility index (Phi) is 5.05. The van der Waals surface area contributed by atoms with Crippen LogP contribution < -0.4 is 4.74 Å². The van der Waals surface area contributed by atoms with E-state index in [9.17, 15) is 25.0 Å². The molecule has 0 N–H and O–H groups in total. The highest BCUT2D eigenvalue weighted by molar-refractivity contribution is 6.34. The van der Waals surface area contributed by atoms with Gasteiger partial charge in [-0.15, -0.1) is 0 Å². The summed E-state index contributed by atoms with van der Waals surface area (Å²) in [6, 6.07) is 7.76. The highest BCUT2D eigenvalue weighted by Gasteiger charge is 2.27. The number of non-ortho nitro benzene ring substituents is 1. The Morgan fingerprint density at radius 2 is 1.89 bits per heavy atom. The third kappa shape index (κ3) is 3.67. The van der Waals surface area contributed by atoms with Crippen LogP contribution in [0.2, 0.25) is 5.02 Å². The highest BCUT2D eigenvalue weighted by Crippen LogP contribution is 2.30. The van der Waals surface area contributed by atoms with Gasteiger partial charge in [0.05, 0.1) is 27.5 Å². The normalized spacial score (nSPS) is 14.6. The van der Waals surface area contributed by atoms with E-state index in [1.54, 1.807) is 0 Å². The fourth-order valence-corrected chi connectivity index (χ4v) is 2.67. The van der Waals surface area contributed by atoms with Gasteiger partial charge in [-0.1, -0.05) is 17.7 Å². The summed E-state index contributed by atoms with van der Waals surface area (Å²) in [4.78, 5) is 36.8. The molecule has 0 saturated carbocycles. The Bertz CT molecular complexity index is 1080. The maximum atomic E-state index is 12.1. The number of methoxy groups -OCH3 is 1. The van der Waals surface area contributed by atoms with Crippen LogP contribution in [0.3, 0.4) is 0 Å². The van der Waals surface area contributed by atoms with E-state index in [2.05, 4.69) is 4.99 Å². The third-order valence-corrected chi connectivity index (χ3v) is 4.03. The van der Waals surface area contributed by atoms with Gasteiger partial charge < -0.3 is 9.47 Å². The molecule has 0 unspecified atom stereocenters. The maximum Gasteiger partial charge on any atom is 0.363 e. The average molecular weight is 404 g/mol. The van der Waals surface area contributed by atoms with E-state index in [4.69, 9.17) is 21.1 Å². The zero-order valence-corrected chi connectivity index (χ0v) is 14.9. The number of hydrogen-bond donors (Lipinski definition) is 0. The number of esters is 1. The minimum atomic E-state index is -0.789. The Morgan fingerprint density at radius 3 is 2.50 bits per heavy atom. The lowest BCUT2D eigenvalue weighted by Gasteiger charge is -2.02. The largest absolute Gasteiger partial charge is 0.490 e. The summed E-state index contributed by atoms with van der Waals surface area (Å²) < 4.78 is 9.99. The lowest BCUT2D eigenvalue weighted by molar-refractivity contribution is -0.385. The van der Waals surface area contributed by atoms with E-state index in [1.165, 1.54) is 43.5 Å². The molecule has 2 aromatic rings. The Morgan fingerprint density at radius 1 is 1.14 bits per heavy atom. The lowest BCUT2D eigenvalue weighted by Crippen LogP contribution is -2.06. The van der Waals surface area contributed by atoms with Gasteiger partial charge in [-0.2, -0.15) is 0 Å². The number of nitro groups is 2. The number of benzene rings is 2. The number of carbonyl (C=O) groups excluding carboxylic acids is 1. The number of carbonyl (C=O) groups is 1. The van der Waals surface area contributed by atoms with Crippen LogP contribution in [0, 0.1) is 20.2 Å². The average Bonchev–Trinajstić information content (AvgIpc) is 3.01. The fraction of sp³-hybridized carbons (Fsp3) is 0.0588. The lowest BCUT2D eigenvalue weighted by atomic mass is 10.1. The number of cyclic esters (lactones) is 1. The number of rotatable bonds is 5. The van der Waals surface area contributed by atoms with E-state index in [1.807, 2.05) is 0 Å². The van der Waals surface area contributed by atoms with Gasteiger partial charge in [0.2, 0.25) is 5.90 Å². The first-order valence-corrected chi connectivity index (χ1v) is 7.97. The van der Waals surface area contributed by atoms with Crippen molar-refractivity contribution in [3.63, 3.8) is 0 Å². The van der Waals surface area contributed by atoms with E-state index in [-0.39, 0.29) is 39.3 Å². The summed E-state index contributed by atoms with van der Waals surface area (Å²) in [5, 5.41) is 21.9. The number of aliphatic imine (C=N–C) groups is 1. The van der Waals surface area contributed by atoms with E-state index < -0.39 is 15.8 Å². The number of nitrogens with zero attached hydrogens (tertiary/aromatic N) is 3. The molecule has 11 heteroatoms. The quantitative estimate of drug-likeness (QED) is 0.322. The van der Waals surface area contributed by atoms with Crippen LogP contribution in [0.5, 0.6) is 5.75 Å². The van der Waals surface area contributed by atoms with E-state index >= 15 is 0 Å². The first-order valence-electron chi connectivity index (χ1n) is 7.59. The zero-order valence-electron chi connectivity index (χ0n) is 14.1.